The Morgan fingerprint density at radius 1 is 1.47 bits per heavy atom. The molecule has 1 aliphatic heterocycles. The summed E-state index contributed by atoms with van der Waals surface area (Å²) in [5.74, 6) is 0.265. The Balaban J connectivity index is 2.68. The van der Waals surface area contributed by atoms with Crippen molar-refractivity contribution in [2.45, 2.75) is 51.2 Å². The highest BCUT2D eigenvalue weighted by molar-refractivity contribution is 5.84. The van der Waals surface area contributed by atoms with Gasteiger partial charge in [-0.3, -0.25) is 9.69 Å². The van der Waals surface area contributed by atoms with Crippen molar-refractivity contribution < 1.29 is 9.90 Å². The summed E-state index contributed by atoms with van der Waals surface area (Å²) in [5.41, 5.74) is 0. The lowest BCUT2D eigenvalue weighted by Crippen LogP contribution is -2.50. The molecule has 1 rings (SSSR count). The number of likely N-dealkylation sites (N-methyl/N-ethyl adjacent to an activating group) is 1. The molecule has 3 nitrogen and oxygen atoms in total. The number of hydrogen-bond donors (Lipinski definition) is 1. The zero-order valence-corrected chi connectivity index (χ0v) is 12.2. The summed E-state index contributed by atoms with van der Waals surface area (Å²) in [6.07, 6.45) is 9.55. The van der Waals surface area contributed by atoms with E-state index >= 15 is 0 Å². The molecule has 0 saturated carbocycles. The first-order valence-corrected chi connectivity index (χ1v) is 7.26. The number of Topliss-reactive ketones (excluding diaryl/α,β-unsaturated/α-hetero) is 1. The van der Waals surface area contributed by atoms with Gasteiger partial charge >= 0.3 is 0 Å². The maximum atomic E-state index is 12.2. The summed E-state index contributed by atoms with van der Waals surface area (Å²) in [6.45, 7) is 6.52. The standard InChI is InChI=1S/C16H27NO2/c1-4-5-7-10-13(2)16(19)15-14(18)11-8-6-9-12-17(15)3/h4-5,7,13,15-16,19H,1,6,8-12H2,2-3H3/b7-5+. The second kappa shape index (κ2) is 8.28. The van der Waals surface area contributed by atoms with E-state index in [1.807, 2.05) is 31.0 Å². The van der Waals surface area contributed by atoms with Gasteiger partial charge in [0.05, 0.1) is 12.1 Å². The van der Waals surface area contributed by atoms with Crippen LogP contribution in [-0.4, -0.2) is 41.5 Å². The third-order valence-corrected chi connectivity index (χ3v) is 3.93. The van der Waals surface area contributed by atoms with E-state index in [4.69, 9.17) is 0 Å². The summed E-state index contributed by atoms with van der Waals surface area (Å²) in [5, 5.41) is 10.5. The van der Waals surface area contributed by atoms with Gasteiger partial charge in [-0.25, -0.2) is 0 Å². The lowest BCUT2D eigenvalue weighted by Gasteiger charge is -2.34. The van der Waals surface area contributed by atoms with Gasteiger partial charge in [0, 0.05) is 6.42 Å². The van der Waals surface area contributed by atoms with Crippen LogP contribution < -0.4 is 0 Å². The molecule has 3 heteroatoms. The maximum absolute atomic E-state index is 12.2. The first kappa shape index (κ1) is 16.1. The van der Waals surface area contributed by atoms with Crippen LogP contribution in [0.5, 0.6) is 0 Å². The van der Waals surface area contributed by atoms with Crippen LogP contribution in [0, 0.1) is 5.92 Å². The minimum Gasteiger partial charge on any atom is -0.391 e. The second-order valence-electron chi connectivity index (χ2n) is 5.57. The number of likely N-dealkylation sites (tertiary alicyclic amines) is 1. The van der Waals surface area contributed by atoms with Crippen LogP contribution in [0.15, 0.2) is 24.8 Å². The third kappa shape index (κ3) is 4.92. The number of carbonyl (C=O) groups is 1. The summed E-state index contributed by atoms with van der Waals surface area (Å²) >= 11 is 0. The fraction of sp³-hybridized carbons (Fsp3) is 0.688. The molecule has 0 radical (unpaired) electrons. The molecule has 0 aromatic rings. The van der Waals surface area contributed by atoms with Crippen molar-refractivity contribution in [3.63, 3.8) is 0 Å². The number of rotatable bonds is 5. The van der Waals surface area contributed by atoms with Crippen molar-refractivity contribution >= 4 is 5.78 Å². The Labute approximate surface area is 117 Å². The van der Waals surface area contributed by atoms with Gasteiger partial charge in [0.15, 0.2) is 5.78 Å². The number of nitrogens with zero attached hydrogens (tertiary/aromatic N) is 1. The molecule has 1 heterocycles. The van der Waals surface area contributed by atoms with E-state index in [2.05, 4.69) is 6.58 Å². The maximum Gasteiger partial charge on any atom is 0.152 e. The average Bonchev–Trinajstić information content (AvgIpc) is 2.36. The van der Waals surface area contributed by atoms with Crippen LogP contribution in [0.25, 0.3) is 0 Å². The smallest absolute Gasteiger partial charge is 0.152 e. The molecule has 1 aliphatic rings. The second-order valence-corrected chi connectivity index (χ2v) is 5.57. The Bertz CT molecular complexity index is 325. The quantitative estimate of drug-likeness (QED) is 0.777. The summed E-state index contributed by atoms with van der Waals surface area (Å²) < 4.78 is 0. The molecular weight excluding hydrogens is 238 g/mol. The fourth-order valence-corrected chi connectivity index (χ4v) is 2.66. The van der Waals surface area contributed by atoms with Gasteiger partial charge in [-0.1, -0.05) is 38.2 Å². The average molecular weight is 265 g/mol. The summed E-state index contributed by atoms with van der Waals surface area (Å²) in [6, 6.07) is -0.340. The van der Waals surface area contributed by atoms with Crippen LogP contribution in [0.4, 0.5) is 0 Å². The van der Waals surface area contributed by atoms with Gasteiger partial charge in [-0.05, 0) is 38.8 Å². The van der Waals surface area contributed by atoms with Crippen LogP contribution in [-0.2, 0) is 4.79 Å². The monoisotopic (exact) mass is 265 g/mol. The third-order valence-electron chi connectivity index (χ3n) is 3.93. The number of hydrogen-bond acceptors (Lipinski definition) is 3. The first-order chi connectivity index (χ1) is 9.07. The molecule has 19 heavy (non-hydrogen) atoms. The van der Waals surface area contributed by atoms with Crippen molar-refractivity contribution in [3.8, 4) is 0 Å². The number of aliphatic hydroxyl groups excluding tert-OH is 1. The van der Waals surface area contributed by atoms with Crippen LogP contribution in [0.1, 0.15) is 39.0 Å². The highest BCUT2D eigenvalue weighted by Gasteiger charge is 2.33. The molecular formula is C16H27NO2. The fourth-order valence-electron chi connectivity index (χ4n) is 2.66. The van der Waals surface area contributed by atoms with Crippen LogP contribution in [0.3, 0.4) is 0 Å². The van der Waals surface area contributed by atoms with Crippen molar-refractivity contribution in [3.05, 3.63) is 24.8 Å². The van der Waals surface area contributed by atoms with E-state index in [9.17, 15) is 9.90 Å². The Hall–Kier alpha value is -0.930. The normalized spacial score (nSPS) is 25.8. The molecule has 1 fully saturated rings. The van der Waals surface area contributed by atoms with Gasteiger partial charge in [0.1, 0.15) is 0 Å². The van der Waals surface area contributed by atoms with E-state index in [0.717, 1.165) is 32.2 Å². The largest absolute Gasteiger partial charge is 0.391 e. The molecule has 108 valence electrons. The van der Waals surface area contributed by atoms with E-state index < -0.39 is 6.10 Å². The molecule has 0 bridgehead atoms. The van der Waals surface area contributed by atoms with Crippen molar-refractivity contribution in [2.75, 3.05) is 13.6 Å². The number of allylic oxidation sites excluding steroid dienone is 3. The molecule has 0 aromatic heterocycles. The van der Waals surface area contributed by atoms with Crippen LogP contribution in [0.2, 0.25) is 0 Å². The zero-order valence-electron chi connectivity index (χ0n) is 12.2. The van der Waals surface area contributed by atoms with Crippen LogP contribution >= 0.6 is 0 Å². The molecule has 0 aromatic carbocycles. The molecule has 0 aliphatic carbocycles. The number of ketones is 1. The zero-order chi connectivity index (χ0) is 14.3. The topological polar surface area (TPSA) is 40.5 Å². The predicted molar refractivity (Wildman–Crippen MR) is 79.0 cm³/mol. The van der Waals surface area contributed by atoms with Gasteiger partial charge in [0.2, 0.25) is 0 Å². The Morgan fingerprint density at radius 2 is 2.21 bits per heavy atom. The molecule has 1 saturated heterocycles. The van der Waals surface area contributed by atoms with E-state index in [1.165, 1.54) is 0 Å². The Kier molecular flexibility index (Phi) is 7.03. The van der Waals surface area contributed by atoms with Gasteiger partial charge in [0.25, 0.3) is 0 Å². The number of aliphatic hydroxyl groups is 1. The number of carbonyl (C=O) groups excluding carboxylic acids is 1. The van der Waals surface area contributed by atoms with Crippen molar-refractivity contribution in [2.24, 2.45) is 5.92 Å². The molecule has 3 unspecified atom stereocenters. The predicted octanol–water partition coefficient (Wildman–Crippen LogP) is 2.56. The minimum absolute atomic E-state index is 0.0760. The highest BCUT2D eigenvalue weighted by Crippen LogP contribution is 2.21. The SMILES string of the molecule is C=C/C=C/CC(C)C(O)C1C(=O)CCCCCN1C. The minimum atomic E-state index is -0.593. The van der Waals surface area contributed by atoms with Gasteiger partial charge in [-0.15, -0.1) is 0 Å². The first-order valence-electron chi connectivity index (χ1n) is 7.26. The highest BCUT2D eigenvalue weighted by atomic mass is 16.3. The van der Waals surface area contributed by atoms with Crippen molar-refractivity contribution in [1.29, 1.82) is 0 Å². The Morgan fingerprint density at radius 3 is 2.89 bits per heavy atom. The lowest BCUT2D eigenvalue weighted by atomic mass is 9.88. The van der Waals surface area contributed by atoms with Gasteiger partial charge in [-0.2, -0.15) is 0 Å². The summed E-state index contributed by atoms with van der Waals surface area (Å²) in [4.78, 5) is 14.2. The molecule has 1 N–H and O–H groups in total. The molecule has 0 amide bonds. The summed E-state index contributed by atoms with van der Waals surface area (Å²) in [7, 11) is 1.95. The van der Waals surface area contributed by atoms with E-state index in [0.29, 0.717) is 6.42 Å². The molecule has 0 spiro atoms. The van der Waals surface area contributed by atoms with E-state index in [1.54, 1.807) is 6.08 Å². The molecule has 3 atom stereocenters. The van der Waals surface area contributed by atoms with Crippen molar-refractivity contribution in [1.82, 2.24) is 4.90 Å². The van der Waals surface area contributed by atoms with Gasteiger partial charge < -0.3 is 5.11 Å². The van der Waals surface area contributed by atoms with E-state index in [-0.39, 0.29) is 17.7 Å². The lowest BCUT2D eigenvalue weighted by molar-refractivity contribution is -0.130.